The van der Waals surface area contributed by atoms with Crippen molar-refractivity contribution in [3.63, 3.8) is 0 Å². The van der Waals surface area contributed by atoms with Crippen LogP contribution in [0, 0.1) is 0 Å². The summed E-state index contributed by atoms with van der Waals surface area (Å²) in [6, 6.07) is 11.8. The van der Waals surface area contributed by atoms with E-state index in [1.165, 1.54) is 23.0 Å². The lowest BCUT2D eigenvalue weighted by Crippen LogP contribution is -2.09. The normalized spacial score (nSPS) is 10.6. The van der Waals surface area contributed by atoms with Crippen molar-refractivity contribution in [2.45, 2.75) is 25.7 Å². The summed E-state index contributed by atoms with van der Waals surface area (Å²) in [6.45, 7) is 3.62. The molecule has 0 unspecified atom stereocenters. The number of carbonyl (C=O) groups excluding carboxylic acids is 2. The number of phenols is 1. The fourth-order valence-electron chi connectivity index (χ4n) is 2.66. The number of ether oxygens (including phenoxy) is 2. The minimum Gasteiger partial charge on any atom is -0.506 e. The summed E-state index contributed by atoms with van der Waals surface area (Å²) < 4.78 is 10.2. The largest absolute Gasteiger partial charge is 0.506 e. The molecule has 0 saturated heterocycles. The first-order valence-electron chi connectivity index (χ1n) is 9.22. The Balaban J connectivity index is 1.55. The standard InChI is InChI=1S/C21H21N3O5/c1-2-20(26)28-13-7-3-4-10-21(27)29-15-11-12-19(25)18(14-15)24-22-16-8-5-6-9-17(16)23-24/h2,5-6,8-9,11-12,14,25H,1,3-4,7,10,13H2. The van der Waals surface area contributed by atoms with Gasteiger partial charge >= 0.3 is 11.9 Å². The second kappa shape index (κ2) is 9.50. The zero-order valence-electron chi connectivity index (χ0n) is 15.8. The van der Waals surface area contributed by atoms with E-state index in [-0.39, 0.29) is 18.1 Å². The number of rotatable bonds is 9. The lowest BCUT2D eigenvalue weighted by atomic mass is 10.2. The highest BCUT2D eigenvalue weighted by molar-refractivity contribution is 5.81. The Morgan fingerprint density at radius 2 is 1.79 bits per heavy atom. The molecule has 3 aromatic rings. The molecule has 1 aromatic heterocycles. The molecule has 8 heteroatoms. The summed E-state index contributed by atoms with van der Waals surface area (Å²) in [5.74, 6) is -0.571. The summed E-state index contributed by atoms with van der Waals surface area (Å²) in [6.07, 6.45) is 3.35. The number of carbonyl (C=O) groups is 2. The molecule has 1 N–H and O–H groups in total. The van der Waals surface area contributed by atoms with Gasteiger partial charge in [0.2, 0.25) is 0 Å². The van der Waals surface area contributed by atoms with Gasteiger partial charge < -0.3 is 14.6 Å². The second-order valence-electron chi connectivity index (χ2n) is 6.29. The second-order valence-corrected chi connectivity index (χ2v) is 6.29. The molecule has 0 amide bonds. The number of unbranched alkanes of at least 4 members (excludes halogenated alkanes) is 2. The van der Waals surface area contributed by atoms with Crippen LogP contribution in [-0.2, 0) is 14.3 Å². The van der Waals surface area contributed by atoms with Crippen LogP contribution in [0.15, 0.2) is 55.1 Å². The molecular weight excluding hydrogens is 374 g/mol. The van der Waals surface area contributed by atoms with Crippen LogP contribution in [0.5, 0.6) is 11.5 Å². The number of hydrogen-bond donors (Lipinski definition) is 1. The quantitative estimate of drug-likeness (QED) is 0.256. The van der Waals surface area contributed by atoms with Gasteiger partial charge in [-0.3, -0.25) is 4.79 Å². The molecule has 29 heavy (non-hydrogen) atoms. The van der Waals surface area contributed by atoms with Gasteiger partial charge in [0, 0.05) is 18.6 Å². The van der Waals surface area contributed by atoms with E-state index < -0.39 is 5.97 Å². The highest BCUT2D eigenvalue weighted by atomic mass is 16.5. The molecule has 150 valence electrons. The van der Waals surface area contributed by atoms with Crippen molar-refractivity contribution in [1.29, 1.82) is 0 Å². The maximum Gasteiger partial charge on any atom is 0.330 e. The van der Waals surface area contributed by atoms with Crippen molar-refractivity contribution in [3.8, 4) is 17.2 Å². The van der Waals surface area contributed by atoms with E-state index in [1.807, 2.05) is 24.3 Å². The van der Waals surface area contributed by atoms with Gasteiger partial charge in [-0.2, -0.15) is 0 Å². The van der Waals surface area contributed by atoms with Crippen LogP contribution < -0.4 is 4.74 Å². The van der Waals surface area contributed by atoms with Crippen LogP contribution in [0.1, 0.15) is 25.7 Å². The van der Waals surface area contributed by atoms with Crippen molar-refractivity contribution in [2.75, 3.05) is 6.61 Å². The molecule has 2 aromatic carbocycles. The predicted molar refractivity (Wildman–Crippen MR) is 106 cm³/mol. The fraction of sp³-hybridized carbons (Fsp3) is 0.238. The lowest BCUT2D eigenvalue weighted by molar-refractivity contribution is -0.138. The average Bonchev–Trinajstić information content (AvgIpc) is 3.15. The van der Waals surface area contributed by atoms with Crippen molar-refractivity contribution >= 4 is 23.0 Å². The first-order valence-corrected chi connectivity index (χ1v) is 9.22. The molecule has 0 fully saturated rings. The minimum absolute atomic E-state index is 0.0285. The number of fused-ring (bicyclic) bond motifs is 1. The van der Waals surface area contributed by atoms with Crippen LogP contribution in [-0.4, -0.2) is 38.6 Å². The monoisotopic (exact) mass is 395 g/mol. The molecule has 1 heterocycles. The third kappa shape index (κ3) is 5.41. The Labute approximate surface area is 167 Å². The van der Waals surface area contributed by atoms with E-state index in [4.69, 9.17) is 9.47 Å². The van der Waals surface area contributed by atoms with Gasteiger partial charge in [0.25, 0.3) is 0 Å². The van der Waals surface area contributed by atoms with Gasteiger partial charge in [-0.15, -0.1) is 15.0 Å². The van der Waals surface area contributed by atoms with Crippen molar-refractivity contribution in [1.82, 2.24) is 15.0 Å². The molecule has 0 saturated carbocycles. The number of aromatic hydroxyl groups is 1. The van der Waals surface area contributed by atoms with E-state index in [2.05, 4.69) is 16.8 Å². The molecule has 8 nitrogen and oxygen atoms in total. The number of hydrogen-bond acceptors (Lipinski definition) is 7. The van der Waals surface area contributed by atoms with Crippen LogP contribution in [0.25, 0.3) is 16.7 Å². The summed E-state index contributed by atoms with van der Waals surface area (Å²) in [5.41, 5.74) is 1.69. The Kier molecular flexibility index (Phi) is 6.57. The fourth-order valence-corrected chi connectivity index (χ4v) is 2.66. The van der Waals surface area contributed by atoms with Gasteiger partial charge in [0.05, 0.1) is 6.61 Å². The summed E-state index contributed by atoms with van der Waals surface area (Å²) in [4.78, 5) is 24.3. The Morgan fingerprint density at radius 3 is 2.48 bits per heavy atom. The topological polar surface area (TPSA) is 104 Å². The Morgan fingerprint density at radius 1 is 1.07 bits per heavy atom. The summed E-state index contributed by atoms with van der Waals surface area (Å²) >= 11 is 0. The Bertz CT molecular complexity index is 995. The molecular formula is C21H21N3O5. The minimum atomic E-state index is -0.452. The third-order valence-corrected chi connectivity index (χ3v) is 4.12. The average molecular weight is 395 g/mol. The molecule has 0 spiro atoms. The molecule has 0 aliphatic heterocycles. The number of esters is 2. The highest BCUT2D eigenvalue weighted by Crippen LogP contribution is 2.27. The van der Waals surface area contributed by atoms with Crippen molar-refractivity contribution in [2.24, 2.45) is 0 Å². The summed E-state index contributed by atoms with van der Waals surface area (Å²) in [7, 11) is 0. The van der Waals surface area contributed by atoms with Gasteiger partial charge in [0.15, 0.2) is 0 Å². The summed E-state index contributed by atoms with van der Waals surface area (Å²) in [5, 5.41) is 18.8. The molecule has 0 aliphatic rings. The zero-order chi connectivity index (χ0) is 20.6. The number of aromatic nitrogens is 3. The van der Waals surface area contributed by atoms with Crippen molar-refractivity contribution in [3.05, 3.63) is 55.1 Å². The molecule has 0 atom stereocenters. The van der Waals surface area contributed by atoms with Crippen LogP contribution in [0.2, 0.25) is 0 Å². The van der Waals surface area contributed by atoms with E-state index in [1.54, 1.807) is 0 Å². The molecule has 0 aliphatic carbocycles. The van der Waals surface area contributed by atoms with Gasteiger partial charge in [-0.1, -0.05) is 18.7 Å². The smallest absolute Gasteiger partial charge is 0.330 e. The van der Waals surface area contributed by atoms with Gasteiger partial charge in [-0.25, -0.2) is 4.79 Å². The van der Waals surface area contributed by atoms with Gasteiger partial charge in [0.1, 0.15) is 28.2 Å². The van der Waals surface area contributed by atoms with E-state index in [9.17, 15) is 14.7 Å². The van der Waals surface area contributed by atoms with Crippen molar-refractivity contribution < 1.29 is 24.2 Å². The highest BCUT2D eigenvalue weighted by Gasteiger charge is 2.12. The van der Waals surface area contributed by atoms with Gasteiger partial charge in [-0.05, 0) is 43.5 Å². The maximum absolute atomic E-state index is 12.1. The Hall–Kier alpha value is -3.68. The van der Waals surface area contributed by atoms with E-state index in [0.29, 0.717) is 41.9 Å². The molecule has 0 radical (unpaired) electrons. The maximum atomic E-state index is 12.1. The third-order valence-electron chi connectivity index (χ3n) is 4.12. The number of benzene rings is 2. The van der Waals surface area contributed by atoms with E-state index in [0.717, 1.165) is 12.5 Å². The first-order chi connectivity index (χ1) is 14.1. The molecule has 3 rings (SSSR count). The predicted octanol–water partition coefficient (Wildman–Crippen LogP) is 3.32. The zero-order valence-corrected chi connectivity index (χ0v) is 15.8. The SMILES string of the molecule is C=CC(=O)OCCCCCC(=O)Oc1ccc(O)c(-n2nc3ccccc3n2)c1. The number of nitrogens with zero attached hydrogens (tertiary/aromatic N) is 3. The number of phenolic OH excluding ortho intramolecular Hbond substituents is 1. The molecule has 0 bridgehead atoms. The van der Waals surface area contributed by atoms with E-state index >= 15 is 0 Å². The van der Waals surface area contributed by atoms with Crippen LogP contribution >= 0.6 is 0 Å². The van der Waals surface area contributed by atoms with Crippen LogP contribution in [0.3, 0.4) is 0 Å². The van der Waals surface area contributed by atoms with Crippen LogP contribution in [0.4, 0.5) is 0 Å². The lowest BCUT2D eigenvalue weighted by Gasteiger charge is -2.08. The first kappa shape index (κ1) is 20.1.